The number of anilines is 1. The van der Waals surface area contributed by atoms with Crippen molar-refractivity contribution in [3.05, 3.63) is 38.4 Å². The van der Waals surface area contributed by atoms with E-state index in [1.165, 1.54) is 18.0 Å². The monoisotopic (exact) mass is 463 g/mol. The van der Waals surface area contributed by atoms with E-state index in [0.717, 1.165) is 11.3 Å². The van der Waals surface area contributed by atoms with Crippen molar-refractivity contribution in [3.63, 3.8) is 0 Å². The maximum atomic E-state index is 12.7. The summed E-state index contributed by atoms with van der Waals surface area (Å²) in [7, 11) is 0. The third-order valence-electron chi connectivity index (χ3n) is 4.24. The van der Waals surface area contributed by atoms with Gasteiger partial charge in [-0.1, -0.05) is 11.8 Å². The van der Waals surface area contributed by atoms with E-state index in [1.54, 1.807) is 20.8 Å². The molecule has 3 aromatic rings. The van der Waals surface area contributed by atoms with Crippen molar-refractivity contribution in [2.75, 3.05) is 18.9 Å². The highest BCUT2D eigenvalue weighted by atomic mass is 32.2. The van der Waals surface area contributed by atoms with Crippen molar-refractivity contribution in [2.24, 2.45) is 0 Å². The highest BCUT2D eigenvalue weighted by Crippen LogP contribution is 2.33. The smallest absolute Gasteiger partial charge is 0.348 e. The summed E-state index contributed by atoms with van der Waals surface area (Å²) >= 11 is 2.33. The maximum absolute atomic E-state index is 12.7. The summed E-state index contributed by atoms with van der Waals surface area (Å²) in [6.07, 6.45) is 1.31. The first-order chi connectivity index (χ1) is 14.8. The van der Waals surface area contributed by atoms with Crippen LogP contribution in [0.5, 0.6) is 0 Å². The van der Waals surface area contributed by atoms with Crippen LogP contribution in [0.3, 0.4) is 0 Å². The molecule has 0 aliphatic rings. The number of thioether (sulfide) groups is 1. The van der Waals surface area contributed by atoms with Gasteiger partial charge in [0.15, 0.2) is 5.16 Å². The molecule has 0 radical (unpaired) electrons. The second-order valence-electron chi connectivity index (χ2n) is 6.34. The lowest BCUT2D eigenvalue weighted by Gasteiger charge is -2.10. The molecule has 3 heterocycles. The Balaban J connectivity index is 1.88. The van der Waals surface area contributed by atoms with Crippen LogP contribution in [0.15, 0.2) is 16.1 Å². The number of esters is 2. The van der Waals surface area contributed by atoms with Crippen molar-refractivity contribution in [1.82, 2.24) is 19.9 Å². The lowest BCUT2D eigenvalue weighted by atomic mass is 10.2. The summed E-state index contributed by atoms with van der Waals surface area (Å²) in [5.74, 6) is -0.660. The third kappa shape index (κ3) is 4.69. The van der Waals surface area contributed by atoms with Gasteiger partial charge in [-0.2, -0.15) is 0 Å². The van der Waals surface area contributed by atoms with E-state index in [4.69, 9.17) is 15.2 Å². The van der Waals surface area contributed by atoms with E-state index < -0.39 is 11.9 Å². The highest BCUT2D eigenvalue weighted by molar-refractivity contribution is 7.99. The van der Waals surface area contributed by atoms with Gasteiger partial charge in [-0.05, 0) is 33.3 Å². The number of carbonyl (C=O) groups excluding carboxylic acids is 2. The number of hydrogen-bond donors (Lipinski definition) is 2. The molecule has 0 aliphatic carbocycles. The van der Waals surface area contributed by atoms with Gasteiger partial charge in [0.05, 0.1) is 23.8 Å². The molecule has 164 valence electrons. The average Bonchev–Trinajstić information content (AvgIpc) is 3.05. The van der Waals surface area contributed by atoms with Crippen molar-refractivity contribution in [3.8, 4) is 0 Å². The Kier molecular flexibility index (Phi) is 6.91. The molecular formula is C19H21N5O5S2. The van der Waals surface area contributed by atoms with Gasteiger partial charge in [0.1, 0.15) is 26.9 Å². The zero-order valence-electron chi connectivity index (χ0n) is 17.3. The van der Waals surface area contributed by atoms with Crippen LogP contribution in [0, 0.1) is 6.92 Å². The second kappa shape index (κ2) is 9.43. The molecule has 0 amide bonds. The molecule has 3 aromatic heterocycles. The predicted molar refractivity (Wildman–Crippen MR) is 118 cm³/mol. The van der Waals surface area contributed by atoms with E-state index in [9.17, 15) is 14.4 Å². The molecule has 1 unspecified atom stereocenters. The number of nitrogen functional groups attached to an aromatic ring is 1. The molecular weight excluding hydrogens is 442 g/mol. The first-order valence-electron chi connectivity index (χ1n) is 9.43. The summed E-state index contributed by atoms with van der Waals surface area (Å²) < 4.78 is 9.96. The Bertz CT molecular complexity index is 1210. The van der Waals surface area contributed by atoms with Crippen LogP contribution in [0.1, 0.15) is 57.4 Å². The molecule has 1 atom stereocenters. The van der Waals surface area contributed by atoms with Gasteiger partial charge in [-0.25, -0.2) is 24.5 Å². The fourth-order valence-electron chi connectivity index (χ4n) is 2.76. The third-order valence-corrected chi connectivity index (χ3v) is 6.39. The van der Waals surface area contributed by atoms with E-state index in [2.05, 4.69) is 19.9 Å². The number of hydrogen-bond acceptors (Lipinski definition) is 11. The van der Waals surface area contributed by atoms with E-state index in [0.29, 0.717) is 31.6 Å². The van der Waals surface area contributed by atoms with Crippen LogP contribution in [0.4, 0.5) is 5.82 Å². The number of nitrogens with zero attached hydrogens (tertiary/aromatic N) is 3. The van der Waals surface area contributed by atoms with Crippen LogP contribution in [0.25, 0.3) is 10.2 Å². The molecule has 0 saturated heterocycles. The van der Waals surface area contributed by atoms with Crippen molar-refractivity contribution < 1.29 is 19.1 Å². The number of nitrogens with two attached hydrogens (primary N) is 1. The Morgan fingerprint density at radius 3 is 2.55 bits per heavy atom. The molecule has 0 saturated carbocycles. The van der Waals surface area contributed by atoms with Gasteiger partial charge >= 0.3 is 11.9 Å². The highest BCUT2D eigenvalue weighted by Gasteiger charge is 2.22. The van der Waals surface area contributed by atoms with Gasteiger partial charge < -0.3 is 20.2 Å². The lowest BCUT2D eigenvalue weighted by Crippen LogP contribution is -2.13. The first-order valence-corrected chi connectivity index (χ1v) is 11.1. The number of H-pyrrole nitrogens is 1. The molecule has 0 aliphatic heterocycles. The fraction of sp³-hybridized carbons (Fsp3) is 0.368. The normalized spacial score (nSPS) is 12.0. The Hall–Kier alpha value is -2.99. The number of fused-ring (bicyclic) bond motifs is 1. The largest absolute Gasteiger partial charge is 0.462 e. The van der Waals surface area contributed by atoms with Crippen LogP contribution in [0.2, 0.25) is 0 Å². The maximum Gasteiger partial charge on any atom is 0.348 e. The number of aromatic nitrogens is 4. The number of thiophene rings is 1. The summed E-state index contributed by atoms with van der Waals surface area (Å²) in [6.45, 7) is 7.38. The molecule has 0 aromatic carbocycles. The standard InChI is InChI=1S/C19H21N5O5S2/c1-5-28-17(26)10-7-21-19(22-13(10)20)30-9(4)14-23-15(25)11-8(3)12(18(27)29-6-2)31-16(11)24-14/h7,9H,5-6H2,1-4H3,(H2,20,21,22)(H,23,24,25). The van der Waals surface area contributed by atoms with Crippen LogP contribution < -0.4 is 11.3 Å². The van der Waals surface area contributed by atoms with E-state index in [1.807, 2.05) is 6.92 Å². The van der Waals surface area contributed by atoms with Crippen LogP contribution in [-0.4, -0.2) is 45.1 Å². The summed E-state index contributed by atoms with van der Waals surface area (Å²) in [4.78, 5) is 53.0. The number of aryl methyl sites for hydroxylation is 1. The number of aromatic amines is 1. The first kappa shape index (κ1) is 22.7. The minimum Gasteiger partial charge on any atom is -0.462 e. The van der Waals surface area contributed by atoms with Gasteiger partial charge in [0.25, 0.3) is 5.56 Å². The number of rotatable bonds is 7. The number of ether oxygens (including phenoxy) is 2. The summed E-state index contributed by atoms with van der Waals surface area (Å²) in [5.41, 5.74) is 6.16. The Labute approximate surface area is 185 Å². The molecule has 31 heavy (non-hydrogen) atoms. The zero-order valence-corrected chi connectivity index (χ0v) is 19.0. The number of carbonyl (C=O) groups is 2. The Morgan fingerprint density at radius 1 is 1.23 bits per heavy atom. The molecule has 10 nitrogen and oxygen atoms in total. The second-order valence-corrected chi connectivity index (χ2v) is 8.65. The average molecular weight is 464 g/mol. The molecule has 0 bridgehead atoms. The van der Waals surface area contributed by atoms with Gasteiger partial charge in [0, 0.05) is 6.20 Å². The van der Waals surface area contributed by atoms with Crippen molar-refractivity contribution in [2.45, 2.75) is 38.1 Å². The summed E-state index contributed by atoms with van der Waals surface area (Å²) in [6, 6.07) is 0. The minimum atomic E-state index is -0.591. The van der Waals surface area contributed by atoms with E-state index in [-0.39, 0.29) is 35.4 Å². The number of nitrogens with one attached hydrogen (secondary N) is 1. The van der Waals surface area contributed by atoms with E-state index >= 15 is 0 Å². The molecule has 0 spiro atoms. The summed E-state index contributed by atoms with van der Waals surface area (Å²) in [5, 5.41) is 0.349. The minimum absolute atomic E-state index is 0.00742. The van der Waals surface area contributed by atoms with Gasteiger partial charge in [-0.15, -0.1) is 11.3 Å². The quantitative estimate of drug-likeness (QED) is 0.304. The zero-order chi connectivity index (χ0) is 22.7. The van der Waals surface area contributed by atoms with Gasteiger partial charge in [0.2, 0.25) is 0 Å². The Morgan fingerprint density at radius 2 is 1.90 bits per heavy atom. The molecule has 12 heteroatoms. The van der Waals surface area contributed by atoms with Crippen molar-refractivity contribution >= 4 is 51.1 Å². The van der Waals surface area contributed by atoms with Crippen molar-refractivity contribution in [1.29, 1.82) is 0 Å². The molecule has 0 fully saturated rings. The SMILES string of the molecule is CCOC(=O)c1cnc(SC(C)c2nc3sc(C(=O)OCC)c(C)c3c(=O)[nH]2)nc1N. The lowest BCUT2D eigenvalue weighted by molar-refractivity contribution is 0.0519. The molecule has 3 N–H and O–H groups in total. The molecule has 3 rings (SSSR count). The predicted octanol–water partition coefficient (Wildman–Crippen LogP) is 2.87. The van der Waals surface area contributed by atoms with Gasteiger partial charge in [-0.3, -0.25) is 4.79 Å². The fourth-order valence-corrected chi connectivity index (χ4v) is 4.65. The van der Waals surface area contributed by atoms with Crippen LogP contribution in [-0.2, 0) is 9.47 Å². The topological polar surface area (TPSA) is 150 Å². The van der Waals surface area contributed by atoms with Crippen LogP contribution >= 0.6 is 23.1 Å².